The molecule has 20 heavy (non-hydrogen) atoms. The van der Waals surface area contributed by atoms with E-state index in [9.17, 15) is 5.11 Å². The Morgan fingerprint density at radius 1 is 1.35 bits per heavy atom. The topological polar surface area (TPSA) is 57.2 Å². The van der Waals surface area contributed by atoms with Crippen LogP contribution < -0.4 is 10.6 Å². The third-order valence-corrected chi connectivity index (χ3v) is 4.52. The Morgan fingerprint density at radius 2 is 2.25 bits per heavy atom. The van der Waals surface area contributed by atoms with Crippen molar-refractivity contribution in [3.63, 3.8) is 0 Å². The van der Waals surface area contributed by atoms with Gasteiger partial charge in [-0.15, -0.1) is 0 Å². The number of rotatable bonds is 4. The fourth-order valence-electron chi connectivity index (χ4n) is 2.66. The first-order chi connectivity index (χ1) is 9.75. The fraction of sp³-hybridized carbons (Fsp3) is 0.400. The van der Waals surface area contributed by atoms with Crippen molar-refractivity contribution in [2.75, 3.05) is 19.6 Å². The van der Waals surface area contributed by atoms with Gasteiger partial charge < -0.3 is 15.7 Å². The van der Waals surface area contributed by atoms with E-state index in [4.69, 9.17) is 0 Å². The van der Waals surface area contributed by atoms with Gasteiger partial charge in [-0.1, -0.05) is 28.1 Å². The SMILES string of the molecule is OC1CNCC1CNCc1ccc(Br)c2cccnc12. The first kappa shape index (κ1) is 13.9. The standard InChI is InChI=1S/C15H18BrN3O/c16-13-4-3-10(15-12(13)2-1-5-19-15)6-17-7-11-8-18-9-14(11)20/h1-5,11,14,17-18,20H,6-9H2. The Morgan fingerprint density at radius 3 is 3.05 bits per heavy atom. The van der Waals surface area contributed by atoms with Gasteiger partial charge in [-0.3, -0.25) is 4.98 Å². The molecule has 1 fully saturated rings. The monoisotopic (exact) mass is 335 g/mol. The van der Waals surface area contributed by atoms with Crippen LogP contribution in [-0.4, -0.2) is 35.8 Å². The van der Waals surface area contributed by atoms with E-state index in [1.54, 1.807) is 0 Å². The number of aliphatic hydroxyl groups is 1. The molecule has 0 bridgehead atoms. The molecule has 0 radical (unpaired) electrons. The minimum atomic E-state index is -0.234. The number of nitrogens with one attached hydrogen (secondary N) is 2. The normalized spacial score (nSPS) is 22.5. The maximum absolute atomic E-state index is 9.77. The van der Waals surface area contributed by atoms with Gasteiger partial charge in [0.2, 0.25) is 0 Å². The van der Waals surface area contributed by atoms with Crippen molar-refractivity contribution in [3.8, 4) is 0 Å². The molecule has 0 amide bonds. The molecule has 2 aromatic rings. The van der Waals surface area contributed by atoms with Crippen LogP contribution in [0.3, 0.4) is 0 Å². The van der Waals surface area contributed by atoms with E-state index < -0.39 is 0 Å². The summed E-state index contributed by atoms with van der Waals surface area (Å²) in [7, 11) is 0. The van der Waals surface area contributed by atoms with Crippen molar-refractivity contribution in [2.24, 2.45) is 5.92 Å². The van der Waals surface area contributed by atoms with E-state index in [0.717, 1.165) is 35.0 Å². The van der Waals surface area contributed by atoms with Crippen LogP contribution in [-0.2, 0) is 6.54 Å². The van der Waals surface area contributed by atoms with Crippen molar-refractivity contribution in [2.45, 2.75) is 12.6 Å². The van der Waals surface area contributed by atoms with E-state index in [-0.39, 0.29) is 6.10 Å². The zero-order chi connectivity index (χ0) is 13.9. The summed E-state index contributed by atoms with van der Waals surface area (Å²) in [5.41, 5.74) is 2.21. The zero-order valence-corrected chi connectivity index (χ0v) is 12.7. The summed E-state index contributed by atoms with van der Waals surface area (Å²) in [5.74, 6) is 0.296. The molecule has 1 aromatic heterocycles. The minimum absolute atomic E-state index is 0.234. The largest absolute Gasteiger partial charge is 0.391 e. The average Bonchev–Trinajstić information content (AvgIpc) is 2.87. The molecule has 2 unspecified atom stereocenters. The average molecular weight is 336 g/mol. The van der Waals surface area contributed by atoms with Gasteiger partial charge in [-0.25, -0.2) is 0 Å². The number of halogens is 1. The number of hydrogen-bond acceptors (Lipinski definition) is 4. The second-order valence-corrected chi connectivity index (χ2v) is 6.08. The predicted octanol–water partition coefficient (Wildman–Crippen LogP) is 1.67. The van der Waals surface area contributed by atoms with Crippen molar-refractivity contribution < 1.29 is 5.11 Å². The summed E-state index contributed by atoms with van der Waals surface area (Å²) in [5, 5.41) is 17.5. The van der Waals surface area contributed by atoms with Crippen molar-refractivity contribution >= 4 is 26.8 Å². The van der Waals surface area contributed by atoms with Crippen LogP contribution in [0, 0.1) is 5.92 Å². The van der Waals surface area contributed by atoms with E-state index in [1.165, 1.54) is 5.56 Å². The molecule has 0 spiro atoms. The zero-order valence-electron chi connectivity index (χ0n) is 11.1. The molecule has 2 atom stereocenters. The summed E-state index contributed by atoms with van der Waals surface area (Å²) >= 11 is 3.56. The maximum atomic E-state index is 9.77. The van der Waals surface area contributed by atoms with Gasteiger partial charge in [0.25, 0.3) is 0 Å². The van der Waals surface area contributed by atoms with Crippen LogP contribution >= 0.6 is 15.9 Å². The third kappa shape index (κ3) is 2.86. The molecule has 1 aliphatic heterocycles. The van der Waals surface area contributed by atoms with Crippen LogP contribution in [0.5, 0.6) is 0 Å². The second kappa shape index (κ2) is 6.18. The number of fused-ring (bicyclic) bond motifs is 1. The van der Waals surface area contributed by atoms with Crippen LogP contribution in [0.15, 0.2) is 34.9 Å². The Kier molecular flexibility index (Phi) is 4.31. The molecular weight excluding hydrogens is 318 g/mol. The van der Waals surface area contributed by atoms with Gasteiger partial charge in [-0.2, -0.15) is 0 Å². The Bertz CT molecular complexity index is 605. The summed E-state index contributed by atoms with van der Waals surface area (Å²) in [6.45, 7) is 3.17. The van der Waals surface area contributed by atoms with Gasteiger partial charge in [0.15, 0.2) is 0 Å². The number of nitrogens with zero attached hydrogens (tertiary/aromatic N) is 1. The first-order valence-electron chi connectivity index (χ1n) is 6.87. The molecular formula is C15H18BrN3O. The summed E-state index contributed by atoms with van der Waals surface area (Å²) in [4.78, 5) is 4.48. The quantitative estimate of drug-likeness (QED) is 0.795. The molecule has 4 nitrogen and oxygen atoms in total. The second-order valence-electron chi connectivity index (χ2n) is 5.22. The number of benzene rings is 1. The number of pyridine rings is 1. The minimum Gasteiger partial charge on any atom is -0.391 e. The highest BCUT2D eigenvalue weighted by Gasteiger charge is 2.24. The molecule has 106 valence electrons. The maximum Gasteiger partial charge on any atom is 0.0758 e. The number of aromatic nitrogens is 1. The smallest absolute Gasteiger partial charge is 0.0758 e. The van der Waals surface area contributed by atoms with Gasteiger partial charge in [0.05, 0.1) is 11.6 Å². The summed E-state index contributed by atoms with van der Waals surface area (Å²) in [6.07, 6.45) is 1.59. The number of hydrogen-bond donors (Lipinski definition) is 3. The molecule has 1 aromatic carbocycles. The highest BCUT2D eigenvalue weighted by molar-refractivity contribution is 9.10. The molecule has 2 heterocycles. The van der Waals surface area contributed by atoms with Crippen LogP contribution in [0.25, 0.3) is 10.9 Å². The van der Waals surface area contributed by atoms with Crippen molar-refractivity contribution in [3.05, 3.63) is 40.5 Å². The Balaban J connectivity index is 1.70. The lowest BCUT2D eigenvalue weighted by Crippen LogP contribution is -2.30. The van der Waals surface area contributed by atoms with Gasteiger partial charge in [0.1, 0.15) is 0 Å². The van der Waals surface area contributed by atoms with E-state index >= 15 is 0 Å². The van der Waals surface area contributed by atoms with Crippen molar-refractivity contribution in [1.82, 2.24) is 15.6 Å². The lowest BCUT2D eigenvalue weighted by atomic mass is 10.1. The number of β-amino-alcohol motifs (C(OH)–C–C–N with tert-alkyl or cyclic N) is 1. The molecule has 1 saturated heterocycles. The van der Waals surface area contributed by atoms with Gasteiger partial charge in [0, 0.05) is 48.2 Å². The highest BCUT2D eigenvalue weighted by atomic mass is 79.9. The Hall–Kier alpha value is -1.01. The van der Waals surface area contributed by atoms with Gasteiger partial charge >= 0.3 is 0 Å². The Labute approximate surface area is 126 Å². The summed E-state index contributed by atoms with van der Waals surface area (Å²) in [6, 6.07) is 8.17. The molecule has 3 N–H and O–H groups in total. The fourth-order valence-corrected chi connectivity index (χ4v) is 3.11. The molecule has 0 saturated carbocycles. The number of aliphatic hydroxyl groups excluding tert-OH is 1. The predicted molar refractivity (Wildman–Crippen MR) is 83.5 cm³/mol. The van der Waals surface area contributed by atoms with E-state index in [2.05, 4.69) is 49.7 Å². The van der Waals surface area contributed by atoms with E-state index in [1.807, 2.05) is 12.3 Å². The van der Waals surface area contributed by atoms with Crippen molar-refractivity contribution in [1.29, 1.82) is 0 Å². The lowest BCUT2D eigenvalue weighted by Gasteiger charge is -2.15. The molecule has 0 aliphatic carbocycles. The van der Waals surface area contributed by atoms with Crippen LogP contribution in [0.2, 0.25) is 0 Å². The van der Waals surface area contributed by atoms with Gasteiger partial charge in [-0.05, 0) is 17.7 Å². The molecule has 5 heteroatoms. The molecule has 3 rings (SSSR count). The first-order valence-corrected chi connectivity index (χ1v) is 7.66. The lowest BCUT2D eigenvalue weighted by molar-refractivity contribution is 0.146. The molecule has 1 aliphatic rings. The van der Waals surface area contributed by atoms with Crippen LogP contribution in [0.4, 0.5) is 0 Å². The van der Waals surface area contributed by atoms with Crippen LogP contribution in [0.1, 0.15) is 5.56 Å². The highest BCUT2D eigenvalue weighted by Crippen LogP contribution is 2.25. The third-order valence-electron chi connectivity index (χ3n) is 3.83. The van der Waals surface area contributed by atoms with E-state index in [0.29, 0.717) is 12.5 Å². The summed E-state index contributed by atoms with van der Waals surface area (Å²) < 4.78 is 1.07.